The second kappa shape index (κ2) is 17.7. The van der Waals surface area contributed by atoms with Crippen molar-refractivity contribution in [2.24, 2.45) is 16.5 Å². The van der Waals surface area contributed by atoms with E-state index < -0.39 is 12.0 Å². The van der Waals surface area contributed by atoms with E-state index in [1.807, 2.05) is 61.7 Å². The number of aromatic nitrogens is 1. The molecule has 0 saturated carbocycles. The molecule has 0 aliphatic rings. The Morgan fingerprint density at radius 3 is 2.17 bits per heavy atom. The number of anilines is 2. The van der Waals surface area contributed by atoms with Crippen molar-refractivity contribution in [3.05, 3.63) is 107 Å². The zero-order valence-corrected chi connectivity index (χ0v) is 23.6. The summed E-state index contributed by atoms with van der Waals surface area (Å²) in [5.74, 6) is -1.10. The number of carbonyl (C=O) groups is 2. The molecule has 3 aromatic rings. The second-order valence-corrected chi connectivity index (χ2v) is 9.24. The second-order valence-electron chi connectivity index (χ2n) is 9.24. The van der Waals surface area contributed by atoms with E-state index in [1.165, 1.54) is 0 Å². The van der Waals surface area contributed by atoms with E-state index in [2.05, 4.69) is 52.5 Å². The monoisotopic (exact) mass is 560 g/mol. The maximum absolute atomic E-state index is 12.6. The largest absolute Gasteiger partial charge is 0.480 e. The first kappa shape index (κ1) is 32.4. The summed E-state index contributed by atoms with van der Waals surface area (Å²) in [5.41, 5.74) is 14.2. The summed E-state index contributed by atoms with van der Waals surface area (Å²) in [4.78, 5) is 39.0. The van der Waals surface area contributed by atoms with Crippen molar-refractivity contribution in [1.82, 2.24) is 9.88 Å². The highest BCUT2D eigenvalue weighted by Gasteiger charge is 2.16. The average molecular weight is 561 g/mol. The van der Waals surface area contributed by atoms with Crippen LogP contribution in [0.25, 0.3) is 0 Å². The average Bonchev–Trinajstić information content (AvgIpc) is 2.97. The zero-order chi connectivity index (χ0) is 30.0. The van der Waals surface area contributed by atoms with E-state index in [1.54, 1.807) is 4.57 Å². The van der Waals surface area contributed by atoms with Gasteiger partial charge in [0.25, 0.3) is 5.56 Å². The molecule has 3 rings (SSSR count). The van der Waals surface area contributed by atoms with Crippen LogP contribution in [0.5, 0.6) is 0 Å². The third kappa shape index (κ3) is 11.0. The lowest BCUT2D eigenvalue weighted by Crippen LogP contribution is -2.35. The number of hydrogen-bond donors (Lipinski definition) is 4. The Balaban J connectivity index is 0.000000357. The molecule has 0 radical (unpaired) electrons. The normalized spacial score (nSPS) is 11.4. The van der Waals surface area contributed by atoms with Crippen LogP contribution < -0.4 is 27.2 Å². The number of aryl methyl sites for hydroxylation is 1. The predicted octanol–water partition coefficient (Wildman–Crippen LogP) is 3.92. The maximum atomic E-state index is 12.6. The number of hydrogen-bond acceptors (Lipinski definition) is 5. The lowest BCUT2D eigenvalue weighted by Gasteiger charge is -2.28. The maximum Gasteiger partial charge on any atom is 0.326 e. The van der Waals surface area contributed by atoms with E-state index in [4.69, 9.17) is 16.6 Å². The van der Waals surface area contributed by atoms with E-state index in [9.17, 15) is 14.4 Å². The van der Waals surface area contributed by atoms with Gasteiger partial charge in [0.05, 0.1) is 6.54 Å². The van der Waals surface area contributed by atoms with Crippen LogP contribution in [0.2, 0.25) is 0 Å². The van der Waals surface area contributed by atoms with Gasteiger partial charge in [-0.3, -0.25) is 14.6 Å². The minimum atomic E-state index is -1.07. The van der Waals surface area contributed by atoms with Crippen LogP contribution in [-0.2, 0) is 16.1 Å². The first-order valence-electron chi connectivity index (χ1n) is 13.5. The number of pyridine rings is 1. The molecule has 0 saturated heterocycles. The summed E-state index contributed by atoms with van der Waals surface area (Å²) in [6.45, 7) is 4.92. The smallest absolute Gasteiger partial charge is 0.326 e. The van der Waals surface area contributed by atoms with Crippen LogP contribution in [0.15, 0.2) is 101 Å². The predicted molar refractivity (Wildman–Crippen MR) is 164 cm³/mol. The minimum absolute atomic E-state index is 0.0276. The number of allylic oxidation sites excluding steroid dienone is 2. The van der Waals surface area contributed by atoms with Gasteiger partial charge in [-0.2, -0.15) is 0 Å². The molecule has 1 atom stereocenters. The number of nitrogens with zero attached hydrogens (tertiary/aromatic N) is 3. The molecule has 1 aromatic heterocycles. The molecule has 1 unspecified atom stereocenters. The molecule has 0 spiro atoms. The van der Waals surface area contributed by atoms with Crippen molar-refractivity contribution in [3.8, 4) is 0 Å². The van der Waals surface area contributed by atoms with Crippen molar-refractivity contribution in [2.75, 3.05) is 11.4 Å². The molecule has 0 aliphatic heterocycles. The van der Waals surface area contributed by atoms with Gasteiger partial charge >= 0.3 is 5.97 Å². The number of aliphatic carboxylic acids is 1. The van der Waals surface area contributed by atoms with Gasteiger partial charge in [-0.05, 0) is 56.5 Å². The summed E-state index contributed by atoms with van der Waals surface area (Å²) in [6.07, 6.45) is 7.29. The first-order valence-corrected chi connectivity index (χ1v) is 13.5. The van der Waals surface area contributed by atoms with Gasteiger partial charge in [0, 0.05) is 35.4 Å². The Labute approximate surface area is 241 Å². The lowest BCUT2D eigenvalue weighted by molar-refractivity contribution is -0.140. The van der Waals surface area contributed by atoms with Crippen molar-refractivity contribution >= 4 is 29.7 Å². The molecule has 0 aliphatic carbocycles. The molecular formula is C31H40N6O4. The van der Waals surface area contributed by atoms with E-state index in [0.29, 0.717) is 32.3 Å². The van der Waals surface area contributed by atoms with Crippen molar-refractivity contribution in [2.45, 2.75) is 52.1 Å². The Kier molecular flexibility index (Phi) is 13.9. The SMILES string of the molecule is CCCC=C(Cn1cccc(C)c1=O)N(c1ccccc1)c1ccccc1.NC(N)=NCCCC(NC=O)C(=O)O. The number of guanidine groups is 1. The number of nitrogens with two attached hydrogens (primary N) is 2. The standard InChI is InChI=1S/C24H26N2O.C7H14N4O3/c1-3-4-13-23(19-25-18-11-12-20(2)24(25)27)26(21-14-7-5-8-15-21)22-16-9-6-10-17-22;8-7(9)10-3-1-2-5(6(13)14)11-4-12/h5-18H,3-4,19H2,1-2H3;4-5H,1-3H2,(H,11,12)(H,13,14)(H4,8,9,10). The Morgan fingerprint density at radius 2 is 1.66 bits per heavy atom. The van der Waals surface area contributed by atoms with Gasteiger partial charge in [-0.15, -0.1) is 0 Å². The van der Waals surface area contributed by atoms with Gasteiger partial charge in [-0.1, -0.05) is 61.9 Å². The summed E-state index contributed by atoms with van der Waals surface area (Å²) in [7, 11) is 0. The fraction of sp³-hybridized carbons (Fsp3) is 0.290. The number of para-hydroxylation sites is 2. The molecule has 6 N–H and O–H groups in total. The van der Waals surface area contributed by atoms with Crippen LogP contribution in [0, 0.1) is 6.92 Å². The topological polar surface area (TPSA) is 156 Å². The third-order valence-electron chi connectivity index (χ3n) is 6.04. The minimum Gasteiger partial charge on any atom is -0.480 e. The number of unbranched alkanes of at least 4 members (excludes halogenated alkanes) is 1. The van der Waals surface area contributed by atoms with Gasteiger partial charge in [0.15, 0.2) is 5.96 Å². The highest BCUT2D eigenvalue weighted by molar-refractivity contribution is 5.76. The number of rotatable bonds is 14. The third-order valence-corrected chi connectivity index (χ3v) is 6.04. The van der Waals surface area contributed by atoms with Gasteiger partial charge in [0.2, 0.25) is 6.41 Å². The van der Waals surface area contributed by atoms with Crippen molar-refractivity contribution < 1.29 is 14.7 Å². The Hall–Kier alpha value is -4.86. The van der Waals surface area contributed by atoms with E-state index in [-0.39, 0.29) is 11.5 Å². The number of benzene rings is 2. The zero-order valence-electron chi connectivity index (χ0n) is 23.6. The van der Waals surface area contributed by atoms with Crippen LogP contribution in [0.3, 0.4) is 0 Å². The quantitative estimate of drug-likeness (QED) is 0.101. The highest BCUT2D eigenvalue weighted by atomic mass is 16.4. The molecule has 1 heterocycles. The first-order chi connectivity index (χ1) is 19.8. The van der Waals surface area contributed by atoms with E-state index >= 15 is 0 Å². The molecule has 10 nitrogen and oxygen atoms in total. The summed E-state index contributed by atoms with van der Waals surface area (Å²) in [5, 5.41) is 10.8. The number of carbonyl (C=O) groups excluding carboxylic acids is 1. The molecule has 10 heteroatoms. The number of carboxylic acid groups (broad SMARTS) is 1. The molecule has 0 bridgehead atoms. The molecule has 41 heavy (non-hydrogen) atoms. The van der Waals surface area contributed by atoms with E-state index in [0.717, 1.165) is 35.5 Å². The Morgan fingerprint density at radius 1 is 1.05 bits per heavy atom. The van der Waals surface area contributed by atoms with Crippen LogP contribution in [-0.4, -0.2) is 40.6 Å². The van der Waals surface area contributed by atoms with Crippen LogP contribution in [0.1, 0.15) is 38.2 Å². The molecule has 1 amide bonds. The number of nitrogens with one attached hydrogen (secondary N) is 1. The van der Waals surface area contributed by atoms with Crippen LogP contribution >= 0.6 is 0 Å². The number of aliphatic imine (C=N–C) groups is 1. The summed E-state index contributed by atoms with van der Waals surface area (Å²) >= 11 is 0. The van der Waals surface area contributed by atoms with Crippen molar-refractivity contribution in [3.63, 3.8) is 0 Å². The fourth-order valence-corrected chi connectivity index (χ4v) is 3.99. The fourth-order valence-electron chi connectivity index (χ4n) is 3.99. The van der Waals surface area contributed by atoms with Crippen LogP contribution in [0.4, 0.5) is 11.4 Å². The molecule has 218 valence electrons. The number of amides is 1. The highest BCUT2D eigenvalue weighted by Crippen LogP contribution is 2.30. The van der Waals surface area contributed by atoms with Gasteiger partial charge in [0.1, 0.15) is 6.04 Å². The summed E-state index contributed by atoms with van der Waals surface area (Å²) < 4.78 is 1.79. The molecule has 0 fully saturated rings. The molecular weight excluding hydrogens is 520 g/mol. The lowest BCUT2D eigenvalue weighted by atomic mass is 10.1. The van der Waals surface area contributed by atoms with Gasteiger partial charge in [-0.25, -0.2) is 4.79 Å². The summed E-state index contributed by atoms with van der Waals surface area (Å²) in [6, 6.07) is 23.5. The number of carboxylic acids is 1. The van der Waals surface area contributed by atoms with Gasteiger partial charge < -0.3 is 31.4 Å². The Bertz CT molecular complexity index is 1300. The van der Waals surface area contributed by atoms with Crippen molar-refractivity contribution in [1.29, 1.82) is 0 Å². The molecule has 2 aromatic carbocycles.